The molecule has 1 saturated heterocycles. The minimum atomic E-state index is -3.87. The second kappa shape index (κ2) is 9.92. The standard InChI is InChI=1S/C19H18ClN5O6S3/c20-18-16(25(28)29)11-17(33-18)34(30,31)23-9-7-22(8-10-23)19-21-14(12-32-19)4-1-13-2-5-15(6-3-13)24(26)27/h2-3,5-6,11-12H,1,4,7-10H2. The molecule has 180 valence electrons. The molecule has 0 bridgehead atoms. The highest BCUT2D eigenvalue weighted by molar-refractivity contribution is 7.91. The lowest BCUT2D eigenvalue weighted by molar-refractivity contribution is -0.384. The zero-order chi connectivity index (χ0) is 24.5. The van der Waals surface area contributed by atoms with E-state index in [1.165, 1.54) is 27.8 Å². The zero-order valence-corrected chi connectivity index (χ0v) is 20.7. The maximum Gasteiger partial charge on any atom is 0.300 e. The molecule has 1 aliphatic rings. The number of benzene rings is 1. The highest BCUT2D eigenvalue weighted by Gasteiger charge is 2.33. The van der Waals surface area contributed by atoms with Gasteiger partial charge in [0.05, 0.1) is 15.5 Å². The molecule has 0 N–H and O–H groups in total. The van der Waals surface area contributed by atoms with Gasteiger partial charge in [0.1, 0.15) is 4.21 Å². The van der Waals surface area contributed by atoms with Crippen LogP contribution >= 0.6 is 34.3 Å². The number of thiazole rings is 1. The molecule has 0 radical (unpaired) electrons. The maximum absolute atomic E-state index is 12.9. The molecule has 1 aliphatic heterocycles. The number of non-ortho nitro benzene ring substituents is 1. The predicted molar refractivity (Wildman–Crippen MR) is 130 cm³/mol. The molecule has 2 aromatic heterocycles. The first-order valence-corrected chi connectivity index (χ1v) is 13.5. The summed E-state index contributed by atoms with van der Waals surface area (Å²) in [4.78, 5) is 27.3. The van der Waals surface area contributed by atoms with Crippen LogP contribution in [0.5, 0.6) is 0 Å². The van der Waals surface area contributed by atoms with Gasteiger partial charge in [0.2, 0.25) is 0 Å². The van der Waals surface area contributed by atoms with E-state index in [1.807, 2.05) is 10.3 Å². The van der Waals surface area contributed by atoms with Gasteiger partial charge in [-0.1, -0.05) is 23.7 Å². The van der Waals surface area contributed by atoms with Crippen LogP contribution in [0.1, 0.15) is 11.3 Å². The first-order valence-electron chi connectivity index (χ1n) is 10.0. The molecular formula is C19H18ClN5O6S3. The number of anilines is 1. The molecule has 11 nitrogen and oxygen atoms in total. The van der Waals surface area contributed by atoms with E-state index in [0.717, 1.165) is 22.5 Å². The fraction of sp³-hybridized carbons (Fsp3) is 0.316. The van der Waals surface area contributed by atoms with Gasteiger partial charge < -0.3 is 4.90 Å². The number of nitro benzene ring substituents is 1. The molecular weight excluding hydrogens is 526 g/mol. The van der Waals surface area contributed by atoms with Crippen molar-refractivity contribution in [2.24, 2.45) is 0 Å². The third-order valence-corrected chi connectivity index (χ3v) is 9.94. The number of nitrogens with zero attached hydrogens (tertiary/aromatic N) is 5. The van der Waals surface area contributed by atoms with Gasteiger partial charge in [-0.2, -0.15) is 4.31 Å². The third kappa shape index (κ3) is 5.20. The number of hydrogen-bond acceptors (Lipinski definition) is 10. The Balaban J connectivity index is 1.34. The molecule has 0 amide bonds. The first-order chi connectivity index (χ1) is 16.1. The van der Waals surface area contributed by atoms with Crippen molar-refractivity contribution >= 4 is 60.8 Å². The van der Waals surface area contributed by atoms with Crippen LogP contribution in [0.15, 0.2) is 39.9 Å². The molecule has 34 heavy (non-hydrogen) atoms. The number of thiophene rings is 1. The normalized spacial score (nSPS) is 14.9. The van der Waals surface area contributed by atoms with Crippen molar-refractivity contribution in [3.8, 4) is 0 Å². The predicted octanol–water partition coefficient (Wildman–Crippen LogP) is 3.97. The molecule has 4 rings (SSSR count). The quantitative estimate of drug-likeness (QED) is 0.307. The van der Waals surface area contributed by atoms with Crippen molar-refractivity contribution in [2.45, 2.75) is 17.1 Å². The summed E-state index contributed by atoms with van der Waals surface area (Å²) in [5.41, 5.74) is 1.52. The van der Waals surface area contributed by atoms with E-state index in [4.69, 9.17) is 11.6 Å². The summed E-state index contributed by atoms with van der Waals surface area (Å²) in [5, 5.41) is 24.5. The number of aromatic nitrogens is 1. The van der Waals surface area contributed by atoms with Crippen molar-refractivity contribution in [1.82, 2.24) is 9.29 Å². The summed E-state index contributed by atoms with van der Waals surface area (Å²) >= 11 is 7.99. The van der Waals surface area contributed by atoms with Crippen molar-refractivity contribution < 1.29 is 18.3 Å². The van der Waals surface area contributed by atoms with Crippen molar-refractivity contribution in [3.63, 3.8) is 0 Å². The minimum Gasteiger partial charge on any atom is -0.345 e. The number of aryl methyl sites for hydroxylation is 2. The number of rotatable bonds is 8. The molecule has 0 aliphatic carbocycles. The average molecular weight is 544 g/mol. The van der Waals surface area contributed by atoms with E-state index in [0.29, 0.717) is 37.3 Å². The molecule has 1 aromatic carbocycles. The van der Waals surface area contributed by atoms with E-state index >= 15 is 0 Å². The number of halogens is 1. The smallest absolute Gasteiger partial charge is 0.300 e. The monoisotopic (exact) mass is 543 g/mol. The van der Waals surface area contributed by atoms with E-state index in [9.17, 15) is 28.6 Å². The van der Waals surface area contributed by atoms with Crippen molar-refractivity contribution in [1.29, 1.82) is 0 Å². The molecule has 1 fully saturated rings. The number of nitro groups is 2. The van der Waals surface area contributed by atoms with Gasteiger partial charge in [-0.15, -0.1) is 22.7 Å². The molecule has 15 heteroatoms. The second-order valence-electron chi connectivity index (χ2n) is 7.42. The van der Waals surface area contributed by atoms with Crippen LogP contribution in [-0.4, -0.2) is 53.7 Å². The lowest BCUT2D eigenvalue weighted by Gasteiger charge is -2.33. The maximum atomic E-state index is 12.9. The number of piperazine rings is 1. The molecule has 0 atom stereocenters. The van der Waals surface area contributed by atoms with Crippen LogP contribution < -0.4 is 4.90 Å². The van der Waals surface area contributed by atoms with Crippen LogP contribution in [0.3, 0.4) is 0 Å². The topological polar surface area (TPSA) is 140 Å². The van der Waals surface area contributed by atoms with Crippen LogP contribution in [0.4, 0.5) is 16.5 Å². The highest BCUT2D eigenvalue weighted by atomic mass is 35.5. The van der Waals surface area contributed by atoms with E-state index in [-0.39, 0.29) is 27.3 Å². The summed E-state index contributed by atoms with van der Waals surface area (Å²) in [6, 6.07) is 7.45. The van der Waals surface area contributed by atoms with Gasteiger partial charge in [0.15, 0.2) is 9.47 Å². The second-order valence-corrected chi connectivity index (χ2v) is 12.1. The Morgan fingerprint density at radius 3 is 2.29 bits per heavy atom. The Morgan fingerprint density at radius 1 is 1.03 bits per heavy atom. The summed E-state index contributed by atoms with van der Waals surface area (Å²) in [7, 11) is -3.87. The Kier molecular flexibility index (Phi) is 7.14. The number of sulfonamides is 1. The van der Waals surface area contributed by atoms with Gasteiger partial charge in [0, 0.05) is 49.8 Å². The molecule has 3 heterocycles. The Hall–Kier alpha value is -2.65. The summed E-state index contributed by atoms with van der Waals surface area (Å²) < 4.78 is 26.8. The van der Waals surface area contributed by atoms with Crippen LogP contribution in [0, 0.1) is 20.2 Å². The SMILES string of the molecule is O=[N+]([O-])c1ccc(CCc2csc(N3CCN(S(=O)(=O)c4cc([N+](=O)[O-])c(Cl)s4)CC3)n2)cc1. The van der Waals surface area contributed by atoms with Gasteiger partial charge >= 0.3 is 0 Å². The van der Waals surface area contributed by atoms with Crippen LogP contribution in [0.25, 0.3) is 0 Å². The van der Waals surface area contributed by atoms with E-state index < -0.39 is 25.6 Å². The molecule has 0 saturated carbocycles. The fourth-order valence-corrected chi connectivity index (χ4v) is 7.61. The summed E-state index contributed by atoms with van der Waals surface area (Å²) in [6.45, 7) is 1.33. The summed E-state index contributed by atoms with van der Waals surface area (Å²) in [5.74, 6) is 0. The Bertz CT molecular complexity index is 1320. The largest absolute Gasteiger partial charge is 0.345 e. The van der Waals surface area contributed by atoms with Gasteiger partial charge in [-0.05, 0) is 18.4 Å². The number of hydrogen-bond donors (Lipinski definition) is 0. The lowest BCUT2D eigenvalue weighted by atomic mass is 10.1. The third-order valence-electron chi connectivity index (χ3n) is 5.30. The van der Waals surface area contributed by atoms with Crippen LogP contribution in [0.2, 0.25) is 4.34 Å². The van der Waals surface area contributed by atoms with Gasteiger partial charge in [0.25, 0.3) is 21.4 Å². The minimum absolute atomic E-state index is 0.0567. The Labute approximate surface area is 207 Å². The van der Waals surface area contributed by atoms with Crippen molar-refractivity contribution in [2.75, 3.05) is 31.1 Å². The average Bonchev–Trinajstić information content (AvgIpc) is 3.45. The van der Waals surface area contributed by atoms with E-state index in [2.05, 4.69) is 4.98 Å². The molecule has 0 spiro atoms. The van der Waals surface area contributed by atoms with Crippen LogP contribution in [-0.2, 0) is 22.9 Å². The summed E-state index contributed by atoms with van der Waals surface area (Å²) in [6.07, 6.45) is 1.38. The first kappa shape index (κ1) is 24.5. The van der Waals surface area contributed by atoms with E-state index in [1.54, 1.807) is 12.1 Å². The van der Waals surface area contributed by atoms with Gasteiger partial charge in [-0.25, -0.2) is 13.4 Å². The molecule has 0 unspecified atom stereocenters. The zero-order valence-electron chi connectivity index (χ0n) is 17.5. The fourth-order valence-electron chi connectivity index (χ4n) is 3.45. The lowest BCUT2D eigenvalue weighted by Crippen LogP contribution is -2.48. The highest BCUT2D eigenvalue weighted by Crippen LogP contribution is 2.37. The van der Waals surface area contributed by atoms with Crippen molar-refractivity contribution in [3.05, 3.63) is 71.5 Å². The molecule has 3 aromatic rings. The Morgan fingerprint density at radius 2 is 1.71 bits per heavy atom. The van der Waals surface area contributed by atoms with Gasteiger partial charge in [-0.3, -0.25) is 20.2 Å².